The lowest BCUT2D eigenvalue weighted by Crippen LogP contribution is -2.17. The molecule has 0 saturated carbocycles. The van der Waals surface area contributed by atoms with Crippen molar-refractivity contribution >= 4 is 23.4 Å². The van der Waals surface area contributed by atoms with E-state index < -0.39 is 0 Å². The lowest BCUT2D eigenvalue weighted by Gasteiger charge is -2.19. The molecule has 184 valence electrons. The zero-order chi connectivity index (χ0) is 24.7. The minimum Gasteiger partial charge on any atom is -0.497 e. The van der Waals surface area contributed by atoms with Gasteiger partial charge in [0, 0.05) is 17.4 Å². The highest BCUT2D eigenvalue weighted by Gasteiger charge is 2.18. The van der Waals surface area contributed by atoms with E-state index in [0.717, 1.165) is 17.2 Å². The van der Waals surface area contributed by atoms with Gasteiger partial charge in [-0.2, -0.15) is 0 Å². The molecule has 0 spiro atoms. The predicted octanol–water partition coefficient (Wildman–Crippen LogP) is 4.36. The van der Waals surface area contributed by atoms with Crippen molar-refractivity contribution in [2.75, 3.05) is 31.4 Å². The average Bonchev–Trinajstić information content (AvgIpc) is 3.34. The third-order valence-corrected chi connectivity index (χ3v) is 6.23. The third-order valence-electron chi connectivity index (χ3n) is 5.30. The van der Waals surface area contributed by atoms with Crippen molar-refractivity contribution in [1.29, 1.82) is 0 Å². The molecule has 1 N–H and O–H groups in total. The molecule has 0 fully saturated rings. The molecule has 1 aliphatic heterocycles. The highest BCUT2D eigenvalue weighted by Crippen LogP contribution is 2.33. The number of carbonyl (C=O) groups is 1. The van der Waals surface area contributed by atoms with Gasteiger partial charge in [0.1, 0.15) is 31.3 Å². The van der Waals surface area contributed by atoms with Crippen LogP contribution < -0.4 is 24.3 Å². The van der Waals surface area contributed by atoms with Crippen LogP contribution in [-0.4, -0.2) is 46.7 Å². The number of fused-ring (bicyclic) bond motifs is 1. The summed E-state index contributed by atoms with van der Waals surface area (Å²) in [6.07, 6.45) is 0. The summed E-state index contributed by atoms with van der Waals surface area (Å²) in [6, 6.07) is 22.4. The first-order valence-corrected chi connectivity index (χ1v) is 12.3. The number of nitrogens with one attached hydrogen (secondary N) is 1. The first-order chi connectivity index (χ1) is 17.7. The van der Waals surface area contributed by atoms with Gasteiger partial charge in [-0.05, 0) is 48.5 Å². The van der Waals surface area contributed by atoms with Gasteiger partial charge in [0.2, 0.25) is 5.91 Å². The van der Waals surface area contributed by atoms with Gasteiger partial charge in [-0.25, -0.2) is 0 Å². The first kappa shape index (κ1) is 23.6. The fourth-order valence-corrected chi connectivity index (χ4v) is 4.36. The van der Waals surface area contributed by atoms with Crippen LogP contribution in [0.25, 0.3) is 5.69 Å². The van der Waals surface area contributed by atoms with Gasteiger partial charge in [-0.15, -0.1) is 10.2 Å². The van der Waals surface area contributed by atoms with Gasteiger partial charge in [-0.1, -0.05) is 30.0 Å². The number of thioether (sulfide) groups is 1. The molecule has 10 heteroatoms. The maximum atomic E-state index is 12.7. The summed E-state index contributed by atoms with van der Waals surface area (Å²) in [7, 11) is 1.62. The Morgan fingerprint density at radius 3 is 2.53 bits per heavy atom. The average molecular weight is 505 g/mol. The summed E-state index contributed by atoms with van der Waals surface area (Å²) in [6.45, 7) is 1.22. The molecule has 2 heterocycles. The SMILES string of the molecule is COc1ccc(-n2c(COc3ccccc3)nnc2SCC(=O)Nc2ccc3c(c2)OCCO3)cc1. The summed E-state index contributed by atoms with van der Waals surface area (Å²) in [5.41, 5.74) is 1.47. The van der Waals surface area contributed by atoms with Crippen LogP contribution >= 0.6 is 11.8 Å². The zero-order valence-electron chi connectivity index (χ0n) is 19.5. The normalized spacial score (nSPS) is 12.1. The number of amides is 1. The Hall–Kier alpha value is -4.18. The largest absolute Gasteiger partial charge is 0.497 e. The minimum atomic E-state index is -0.178. The lowest BCUT2D eigenvalue weighted by molar-refractivity contribution is -0.113. The van der Waals surface area contributed by atoms with Crippen molar-refractivity contribution in [3.63, 3.8) is 0 Å². The van der Waals surface area contributed by atoms with Crippen LogP contribution in [0.1, 0.15) is 5.82 Å². The number of methoxy groups -OCH3 is 1. The van der Waals surface area contributed by atoms with E-state index >= 15 is 0 Å². The van der Waals surface area contributed by atoms with Crippen molar-refractivity contribution in [1.82, 2.24) is 14.8 Å². The van der Waals surface area contributed by atoms with Crippen LogP contribution in [0.3, 0.4) is 0 Å². The number of anilines is 1. The second-order valence-electron chi connectivity index (χ2n) is 7.73. The monoisotopic (exact) mass is 504 g/mol. The number of ether oxygens (including phenoxy) is 4. The molecular weight excluding hydrogens is 480 g/mol. The Balaban J connectivity index is 1.30. The Kier molecular flexibility index (Phi) is 7.23. The first-order valence-electron chi connectivity index (χ1n) is 11.3. The van der Waals surface area contributed by atoms with Gasteiger partial charge in [-0.3, -0.25) is 9.36 Å². The highest BCUT2D eigenvalue weighted by molar-refractivity contribution is 7.99. The van der Waals surface area contributed by atoms with E-state index in [1.807, 2.05) is 59.2 Å². The molecule has 0 unspecified atom stereocenters. The van der Waals surface area contributed by atoms with Crippen molar-refractivity contribution in [3.05, 3.63) is 78.6 Å². The molecule has 3 aromatic carbocycles. The highest BCUT2D eigenvalue weighted by atomic mass is 32.2. The van der Waals surface area contributed by atoms with Crippen molar-refractivity contribution in [2.45, 2.75) is 11.8 Å². The molecule has 0 radical (unpaired) electrons. The Bertz CT molecular complexity index is 1330. The van der Waals surface area contributed by atoms with Crippen molar-refractivity contribution in [2.24, 2.45) is 0 Å². The molecule has 0 bridgehead atoms. The Morgan fingerprint density at radius 2 is 1.75 bits per heavy atom. The summed E-state index contributed by atoms with van der Waals surface area (Å²) >= 11 is 1.29. The van der Waals surface area contributed by atoms with E-state index in [4.69, 9.17) is 18.9 Å². The molecule has 1 amide bonds. The quantitative estimate of drug-likeness (QED) is 0.336. The summed E-state index contributed by atoms with van der Waals surface area (Å²) in [5, 5.41) is 12.1. The molecule has 0 saturated heterocycles. The number of rotatable bonds is 9. The minimum absolute atomic E-state index is 0.141. The summed E-state index contributed by atoms with van der Waals surface area (Å²) < 4.78 is 24.2. The van der Waals surface area contributed by atoms with E-state index in [-0.39, 0.29) is 18.3 Å². The number of carbonyl (C=O) groups excluding carboxylic acids is 1. The second-order valence-corrected chi connectivity index (χ2v) is 8.67. The fraction of sp³-hybridized carbons (Fsp3) is 0.192. The number of hydrogen-bond acceptors (Lipinski definition) is 8. The number of para-hydroxylation sites is 1. The molecule has 1 aliphatic rings. The molecule has 36 heavy (non-hydrogen) atoms. The van der Waals surface area contributed by atoms with Crippen LogP contribution in [0, 0.1) is 0 Å². The van der Waals surface area contributed by atoms with Gasteiger partial charge in [0.15, 0.2) is 22.5 Å². The maximum absolute atomic E-state index is 12.7. The van der Waals surface area contributed by atoms with E-state index in [1.54, 1.807) is 25.3 Å². The van der Waals surface area contributed by atoms with Gasteiger partial charge >= 0.3 is 0 Å². The number of nitrogens with zero attached hydrogens (tertiary/aromatic N) is 3. The van der Waals surface area contributed by atoms with Gasteiger partial charge < -0.3 is 24.3 Å². The van der Waals surface area contributed by atoms with Crippen molar-refractivity contribution in [3.8, 4) is 28.7 Å². The Labute approximate surface area is 212 Å². The number of hydrogen-bond donors (Lipinski definition) is 1. The van der Waals surface area contributed by atoms with E-state index in [0.29, 0.717) is 41.4 Å². The van der Waals surface area contributed by atoms with Crippen LogP contribution in [-0.2, 0) is 11.4 Å². The maximum Gasteiger partial charge on any atom is 0.234 e. The smallest absolute Gasteiger partial charge is 0.234 e. The van der Waals surface area contributed by atoms with Gasteiger partial charge in [0.25, 0.3) is 0 Å². The molecule has 9 nitrogen and oxygen atoms in total. The van der Waals surface area contributed by atoms with Crippen LogP contribution in [0.4, 0.5) is 5.69 Å². The van der Waals surface area contributed by atoms with E-state index in [9.17, 15) is 4.79 Å². The van der Waals surface area contributed by atoms with Crippen LogP contribution in [0.5, 0.6) is 23.0 Å². The summed E-state index contributed by atoms with van der Waals surface area (Å²) in [4.78, 5) is 12.7. The molecule has 1 aromatic heterocycles. The van der Waals surface area contributed by atoms with Gasteiger partial charge in [0.05, 0.1) is 12.9 Å². The summed E-state index contributed by atoms with van der Waals surface area (Å²) in [5.74, 6) is 3.33. The molecule has 0 atom stereocenters. The number of aromatic nitrogens is 3. The molecule has 0 aliphatic carbocycles. The molecular formula is C26H24N4O5S. The molecule has 4 aromatic rings. The van der Waals surface area contributed by atoms with Crippen LogP contribution in [0.2, 0.25) is 0 Å². The van der Waals surface area contributed by atoms with Crippen molar-refractivity contribution < 1.29 is 23.7 Å². The van der Waals surface area contributed by atoms with Crippen LogP contribution in [0.15, 0.2) is 78.0 Å². The third kappa shape index (κ3) is 5.55. The predicted molar refractivity (Wildman–Crippen MR) is 135 cm³/mol. The standard InChI is InChI=1S/C26H24N4O5S/c1-32-20-10-8-19(9-11-20)30-24(16-35-21-5-3-2-4-6-21)28-29-26(30)36-17-25(31)27-18-7-12-22-23(15-18)34-14-13-33-22/h2-12,15H,13-14,16-17H2,1H3,(H,27,31). The Morgan fingerprint density at radius 1 is 0.972 bits per heavy atom. The topological polar surface area (TPSA) is 96.7 Å². The second kappa shape index (κ2) is 11.0. The fourth-order valence-electron chi connectivity index (χ4n) is 3.59. The molecule has 5 rings (SSSR count). The number of benzene rings is 3. The van der Waals surface area contributed by atoms with E-state index in [1.165, 1.54) is 11.8 Å². The lowest BCUT2D eigenvalue weighted by atomic mass is 10.2. The zero-order valence-corrected chi connectivity index (χ0v) is 20.4. The van der Waals surface area contributed by atoms with E-state index in [2.05, 4.69) is 15.5 Å².